The standard InChI is InChI=1S/C33H21BrN4/c34-25-16-17-27-28-15-8-18-35-33(28)38(31(27)20-25)26-14-7-13-24(19-26)30-21-29(22-9-3-1-4-10-22)36-32(37-30)23-11-5-2-6-12-23/h1-21H. The number of hydrogen-bond donors (Lipinski definition) is 0. The zero-order valence-electron chi connectivity index (χ0n) is 20.3. The van der Waals surface area contributed by atoms with Crippen molar-refractivity contribution in [2.45, 2.75) is 0 Å². The molecular formula is C33H21BrN4. The largest absolute Gasteiger partial charge is 0.294 e. The molecule has 7 rings (SSSR count). The average molecular weight is 553 g/mol. The fraction of sp³-hybridized carbons (Fsp3) is 0. The summed E-state index contributed by atoms with van der Waals surface area (Å²) in [6, 6.07) is 41.4. The van der Waals surface area contributed by atoms with E-state index < -0.39 is 0 Å². The lowest BCUT2D eigenvalue weighted by Gasteiger charge is -2.12. The van der Waals surface area contributed by atoms with Crippen molar-refractivity contribution in [1.82, 2.24) is 19.5 Å². The first-order valence-corrected chi connectivity index (χ1v) is 13.2. The third kappa shape index (κ3) is 3.98. The maximum absolute atomic E-state index is 5.02. The molecule has 0 fully saturated rings. The Morgan fingerprint density at radius 3 is 2.05 bits per heavy atom. The SMILES string of the molecule is Brc1ccc2c3cccnc3n(-c3cccc(-c4cc(-c5ccccc5)nc(-c5ccccc5)n4)c3)c2c1. The number of halogens is 1. The van der Waals surface area contributed by atoms with Crippen molar-refractivity contribution in [2.75, 3.05) is 0 Å². The Hall–Kier alpha value is -4.61. The van der Waals surface area contributed by atoms with Gasteiger partial charge in [-0.3, -0.25) is 4.57 Å². The normalized spacial score (nSPS) is 11.3. The van der Waals surface area contributed by atoms with E-state index in [0.29, 0.717) is 5.82 Å². The number of rotatable bonds is 4. The van der Waals surface area contributed by atoms with Crippen LogP contribution in [-0.2, 0) is 0 Å². The highest BCUT2D eigenvalue weighted by atomic mass is 79.9. The molecule has 3 heterocycles. The highest BCUT2D eigenvalue weighted by Crippen LogP contribution is 2.34. The van der Waals surface area contributed by atoms with Gasteiger partial charge in [-0.05, 0) is 42.5 Å². The summed E-state index contributed by atoms with van der Waals surface area (Å²) in [6.45, 7) is 0. The summed E-state index contributed by atoms with van der Waals surface area (Å²) in [5, 5.41) is 2.29. The maximum Gasteiger partial charge on any atom is 0.160 e. The lowest BCUT2D eigenvalue weighted by atomic mass is 10.1. The molecule has 4 nitrogen and oxygen atoms in total. The van der Waals surface area contributed by atoms with Crippen LogP contribution in [0.15, 0.2) is 132 Å². The second-order valence-electron chi connectivity index (χ2n) is 9.12. The van der Waals surface area contributed by atoms with Crippen LogP contribution in [0.4, 0.5) is 0 Å². The Labute approximate surface area is 228 Å². The number of aromatic nitrogens is 4. The number of hydrogen-bond acceptors (Lipinski definition) is 3. The molecule has 0 aliphatic rings. The lowest BCUT2D eigenvalue weighted by Crippen LogP contribution is -1.98. The first kappa shape index (κ1) is 22.6. The van der Waals surface area contributed by atoms with Gasteiger partial charge in [-0.2, -0.15) is 0 Å². The maximum atomic E-state index is 5.02. The van der Waals surface area contributed by atoms with Gasteiger partial charge in [0, 0.05) is 43.8 Å². The van der Waals surface area contributed by atoms with Crippen LogP contribution in [0, 0.1) is 0 Å². The minimum Gasteiger partial charge on any atom is -0.294 e. The first-order valence-electron chi connectivity index (χ1n) is 12.4. The van der Waals surface area contributed by atoms with E-state index in [4.69, 9.17) is 15.0 Å². The molecular weight excluding hydrogens is 532 g/mol. The second kappa shape index (κ2) is 9.36. The van der Waals surface area contributed by atoms with E-state index in [0.717, 1.165) is 54.8 Å². The van der Waals surface area contributed by atoms with Crippen molar-refractivity contribution in [3.8, 4) is 39.6 Å². The van der Waals surface area contributed by atoms with Crippen molar-refractivity contribution >= 4 is 37.9 Å². The lowest BCUT2D eigenvalue weighted by molar-refractivity contribution is 1.13. The van der Waals surface area contributed by atoms with E-state index in [-0.39, 0.29) is 0 Å². The molecule has 0 atom stereocenters. The van der Waals surface area contributed by atoms with Gasteiger partial charge in [-0.1, -0.05) is 94.8 Å². The van der Waals surface area contributed by atoms with E-state index in [2.05, 4.69) is 87.2 Å². The minimum atomic E-state index is 0.704. The topological polar surface area (TPSA) is 43.6 Å². The van der Waals surface area contributed by atoms with Crippen LogP contribution in [-0.4, -0.2) is 19.5 Å². The van der Waals surface area contributed by atoms with E-state index in [1.807, 2.05) is 60.8 Å². The summed E-state index contributed by atoms with van der Waals surface area (Å²) in [4.78, 5) is 14.7. The Bertz CT molecular complexity index is 1870. The van der Waals surface area contributed by atoms with Crippen LogP contribution >= 0.6 is 15.9 Å². The average Bonchev–Trinajstić information content (AvgIpc) is 3.31. The van der Waals surface area contributed by atoms with Gasteiger partial charge in [0.15, 0.2) is 5.82 Å². The number of benzene rings is 4. The molecule has 0 spiro atoms. The molecule has 0 N–H and O–H groups in total. The predicted octanol–water partition coefficient (Wildman–Crippen LogP) is 8.73. The van der Waals surface area contributed by atoms with E-state index in [1.165, 1.54) is 5.39 Å². The third-order valence-electron chi connectivity index (χ3n) is 6.72. The number of pyridine rings is 1. The zero-order chi connectivity index (χ0) is 25.5. The van der Waals surface area contributed by atoms with Crippen LogP contribution in [0.1, 0.15) is 0 Å². The molecule has 0 aliphatic heterocycles. The quantitative estimate of drug-likeness (QED) is 0.219. The highest BCUT2D eigenvalue weighted by molar-refractivity contribution is 9.10. The summed E-state index contributed by atoms with van der Waals surface area (Å²) in [7, 11) is 0. The van der Waals surface area contributed by atoms with Crippen molar-refractivity contribution in [1.29, 1.82) is 0 Å². The van der Waals surface area contributed by atoms with E-state index in [9.17, 15) is 0 Å². The van der Waals surface area contributed by atoms with Gasteiger partial charge in [0.2, 0.25) is 0 Å². The summed E-state index contributed by atoms with van der Waals surface area (Å²) >= 11 is 3.66. The molecule has 4 aromatic carbocycles. The molecule has 38 heavy (non-hydrogen) atoms. The molecule has 5 heteroatoms. The van der Waals surface area contributed by atoms with Crippen LogP contribution in [0.3, 0.4) is 0 Å². The Morgan fingerprint density at radius 1 is 0.553 bits per heavy atom. The van der Waals surface area contributed by atoms with Gasteiger partial charge in [0.1, 0.15) is 5.65 Å². The molecule has 0 saturated heterocycles. The van der Waals surface area contributed by atoms with Gasteiger partial charge in [0.05, 0.1) is 16.9 Å². The Morgan fingerprint density at radius 2 is 1.26 bits per heavy atom. The molecule has 0 aliphatic carbocycles. The minimum absolute atomic E-state index is 0.704. The summed E-state index contributed by atoms with van der Waals surface area (Å²) in [5.41, 5.74) is 7.87. The fourth-order valence-electron chi connectivity index (χ4n) is 4.95. The van der Waals surface area contributed by atoms with Crippen molar-refractivity contribution in [3.05, 3.63) is 132 Å². The molecule has 0 radical (unpaired) electrons. The molecule has 0 bridgehead atoms. The first-order chi connectivity index (χ1) is 18.7. The third-order valence-corrected chi connectivity index (χ3v) is 7.21. The van der Waals surface area contributed by atoms with Crippen molar-refractivity contribution in [3.63, 3.8) is 0 Å². The van der Waals surface area contributed by atoms with Gasteiger partial charge < -0.3 is 0 Å². The molecule has 0 unspecified atom stereocenters. The van der Waals surface area contributed by atoms with Crippen molar-refractivity contribution in [2.24, 2.45) is 0 Å². The molecule has 0 saturated carbocycles. The molecule has 3 aromatic heterocycles. The predicted molar refractivity (Wildman–Crippen MR) is 158 cm³/mol. The fourth-order valence-corrected chi connectivity index (χ4v) is 5.30. The summed E-state index contributed by atoms with van der Waals surface area (Å²) < 4.78 is 3.25. The summed E-state index contributed by atoms with van der Waals surface area (Å²) in [6.07, 6.45) is 1.85. The van der Waals surface area contributed by atoms with Gasteiger partial charge in [-0.15, -0.1) is 0 Å². The van der Waals surface area contributed by atoms with E-state index in [1.54, 1.807) is 0 Å². The highest BCUT2D eigenvalue weighted by Gasteiger charge is 2.15. The number of fused-ring (bicyclic) bond motifs is 3. The smallest absolute Gasteiger partial charge is 0.160 e. The molecule has 0 amide bonds. The van der Waals surface area contributed by atoms with Gasteiger partial charge >= 0.3 is 0 Å². The van der Waals surface area contributed by atoms with Crippen LogP contribution in [0.2, 0.25) is 0 Å². The number of nitrogens with zero attached hydrogens (tertiary/aromatic N) is 4. The van der Waals surface area contributed by atoms with Crippen molar-refractivity contribution < 1.29 is 0 Å². The molecule has 180 valence electrons. The van der Waals surface area contributed by atoms with Gasteiger partial charge in [-0.25, -0.2) is 15.0 Å². The summed E-state index contributed by atoms with van der Waals surface area (Å²) in [5.74, 6) is 0.704. The van der Waals surface area contributed by atoms with Crippen LogP contribution in [0.5, 0.6) is 0 Å². The van der Waals surface area contributed by atoms with E-state index >= 15 is 0 Å². The van der Waals surface area contributed by atoms with Crippen LogP contribution in [0.25, 0.3) is 61.5 Å². The zero-order valence-corrected chi connectivity index (χ0v) is 21.9. The Kier molecular flexibility index (Phi) is 5.56. The monoisotopic (exact) mass is 552 g/mol. The van der Waals surface area contributed by atoms with Gasteiger partial charge in [0.25, 0.3) is 0 Å². The second-order valence-corrected chi connectivity index (χ2v) is 10.0. The molecule has 7 aromatic rings. The Balaban J connectivity index is 1.44. The van der Waals surface area contributed by atoms with Crippen LogP contribution < -0.4 is 0 Å².